The molecule has 12 rings (SSSR count). The van der Waals surface area contributed by atoms with Crippen LogP contribution >= 0.6 is 0 Å². The van der Waals surface area contributed by atoms with Crippen LogP contribution in [0.25, 0.3) is 29.4 Å². The first-order valence-corrected chi connectivity index (χ1v) is 28.7. The Kier molecular flexibility index (Phi) is 15.8. The lowest BCUT2D eigenvalue weighted by molar-refractivity contribution is 0.0909. The van der Waals surface area contributed by atoms with E-state index in [2.05, 4.69) is 33.6 Å². The molecule has 0 saturated heterocycles. The van der Waals surface area contributed by atoms with Crippen molar-refractivity contribution in [3.05, 3.63) is 310 Å². The van der Waals surface area contributed by atoms with E-state index in [-0.39, 0.29) is 23.3 Å². The van der Waals surface area contributed by atoms with Gasteiger partial charge < -0.3 is 23.7 Å². The van der Waals surface area contributed by atoms with E-state index in [0.717, 1.165) is 66.9 Å². The molecule has 0 saturated carbocycles. The van der Waals surface area contributed by atoms with Crippen molar-refractivity contribution >= 4 is 53.2 Å². The summed E-state index contributed by atoms with van der Waals surface area (Å²) in [7, 11) is 0. The van der Waals surface area contributed by atoms with Gasteiger partial charge in [-0.3, -0.25) is 19.2 Å². The molecule has 2 aliphatic rings. The summed E-state index contributed by atoms with van der Waals surface area (Å²) in [5.74, 6) is 1.76. The number of anilines is 2. The van der Waals surface area contributed by atoms with Crippen molar-refractivity contribution in [2.24, 2.45) is 0 Å². The lowest BCUT2D eigenvalue weighted by atomic mass is 9.78. The van der Waals surface area contributed by atoms with Gasteiger partial charge in [-0.1, -0.05) is 167 Å². The zero-order valence-electron chi connectivity index (χ0n) is 48.8. The van der Waals surface area contributed by atoms with Crippen LogP contribution in [-0.2, 0) is 25.2 Å². The summed E-state index contributed by atoms with van der Waals surface area (Å²) in [4.78, 5) is 58.4. The fourth-order valence-electron chi connectivity index (χ4n) is 10.7. The summed E-state index contributed by atoms with van der Waals surface area (Å²) in [6.07, 6.45) is 5.36. The number of imide groups is 2. The Morgan fingerprint density at radius 2 is 0.761 bits per heavy atom. The number of ether oxygens (including phenoxy) is 5. The molecule has 432 valence electrons. The molecule has 0 bridgehead atoms. The predicted molar refractivity (Wildman–Crippen MR) is 346 cm³/mol. The molecule has 0 aromatic heterocycles. The molecule has 11 nitrogen and oxygen atoms in total. The van der Waals surface area contributed by atoms with Gasteiger partial charge in [0.05, 0.1) is 33.6 Å². The maximum absolute atomic E-state index is 14.5. The minimum atomic E-state index is -0.503. The molecule has 11 heteroatoms. The first kappa shape index (κ1) is 57.1. The Balaban J connectivity index is 0.699. The van der Waals surface area contributed by atoms with Gasteiger partial charge in [-0.2, -0.15) is 0 Å². The quantitative estimate of drug-likeness (QED) is 0.0648. The number of aryl methyl sites for hydroxylation is 1. The highest BCUT2D eigenvalue weighted by Crippen LogP contribution is 2.42. The van der Waals surface area contributed by atoms with Crippen LogP contribution in [0.2, 0.25) is 0 Å². The molecule has 10 aromatic rings. The van der Waals surface area contributed by atoms with Crippen LogP contribution in [0.3, 0.4) is 0 Å². The van der Waals surface area contributed by atoms with Crippen molar-refractivity contribution in [1.29, 1.82) is 0 Å². The number of benzene rings is 10. The smallest absolute Gasteiger partial charge is 0.266 e. The van der Waals surface area contributed by atoms with Gasteiger partial charge in [-0.05, 0) is 171 Å². The highest BCUT2D eigenvalue weighted by Gasteiger charge is 2.40. The van der Waals surface area contributed by atoms with E-state index in [0.29, 0.717) is 64.6 Å². The first-order valence-electron chi connectivity index (χ1n) is 28.7. The lowest BCUT2D eigenvalue weighted by Gasteiger charge is -2.26. The van der Waals surface area contributed by atoms with Crippen LogP contribution in [0, 0.1) is 6.92 Å². The third-order valence-corrected chi connectivity index (χ3v) is 16.0. The number of carbonyl (C=O) groups is 4. The third-order valence-electron chi connectivity index (χ3n) is 16.0. The van der Waals surface area contributed by atoms with Gasteiger partial charge in [-0.15, -0.1) is 0 Å². The van der Waals surface area contributed by atoms with Crippen LogP contribution < -0.4 is 33.5 Å². The molecule has 0 N–H and O–H groups in total. The van der Waals surface area contributed by atoms with Gasteiger partial charge in [0.1, 0.15) is 60.1 Å². The fraction of sp³-hybridized carbons (Fsp3) is 0.0909. The summed E-state index contributed by atoms with van der Waals surface area (Å²) in [5.41, 5.74) is 11.9. The Hall–Kier alpha value is -11.3. The van der Waals surface area contributed by atoms with Crippen LogP contribution in [0.4, 0.5) is 11.4 Å². The summed E-state index contributed by atoms with van der Waals surface area (Å²) < 4.78 is 31.4. The van der Waals surface area contributed by atoms with E-state index in [1.54, 1.807) is 85.0 Å². The van der Waals surface area contributed by atoms with Crippen LogP contribution in [0.1, 0.15) is 105 Å². The highest BCUT2D eigenvalue weighted by atomic mass is 16.5. The summed E-state index contributed by atoms with van der Waals surface area (Å²) in [6.45, 7) is 18.7. The maximum atomic E-state index is 14.5. The molecule has 0 fully saturated rings. The predicted octanol–water partition coefficient (Wildman–Crippen LogP) is 17.8. The second-order valence-electron chi connectivity index (χ2n) is 22.0. The van der Waals surface area contributed by atoms with Crippen LogP contribution in [0.5, 0.6) is 40.2 Å². The molecule has 0 radical (unpaired) electrons. The van der Waals surface area contributed by atoms with Crippen molar-refractivity contribution in [3.8, 4) is 51.4 Å². The van der Waals surface area contributed by atoms with E-state index >= 15 is 0 Å². The van der Waals surface area contributed by atoms with Crippen LogP contribution in [0.15, 0.2) is 238 Å². The van der Waals surface area contributed by atoms with Crippen LogP contribution in [-0.4, -0.2) is 23.6 Å². The summed E-state index contributed by atoms with van der Waals surface area (Å²) in [6, 6.07) is 67.4. The SMILES string of the molecule is C=Cc1ccc(COc2ccc(N3C(=O)c4ccc(Oc5ccc(C(C)(C)c6ccc(Oc7ccc8c(c7)C(=O)N(c7ccc(-c9ccc(C)c(OCc%10ccc(C=C)cc%10)c9)cc7OCc7ccc(C=C)cc7)C8=O)cc6)cc5)cc4C3=O)cc2)cc1. The number of rotatable bonds is 21. The van der Waals surface area contributed by atoms with Gasteiger partial charge in [0.2, 0.25) is 0 Å². The number of hydrogen-bond donors (Lipinski definition) is 0. The van der Waals surface area contributed by atoms with E-state index in [1.807, 2.05) is 159 Å². The molecule has 0 unspecified atom stereocenters. The number of hydrogen-bond acceptors (Lipinski definition) is 9. The molecule has 0 atom stereocenters. The lowest BCUT2D eigenvalue weighted by Crippen LogP contribution is -2.29. The normalized spacial score (nSPS) is 12.6. The van der Waals surface area contributed by atoms with Gasteiger partial charge in [-0.25, -0.2) is 9.80 Å². The average Bonchev–Trinajstić information content (AvgIpc) is 1.67. The zero-order valence-corrected chi connectivity index (χ0v) is 48.8. The molecule has 2 heterocycles. The largest absolute Gasteiger partial charge is 0.489 e. The van der Waals surface area contributed by atoms with Crippen molar-refractivity contribution in [1.82, 2.24) is 0 Å². The number of amides is 4. The minimum absolute atomic E-state index is 0.176. The zero-order chi connectivity index (χ0) is 61.1. The fourth-order valence-corrected chi connectivity index (χ4v) is 10.7. The molecular formula is C77H60N2O9. The van der Waals surface area contributed by atoms with Crippen molar-refractivity contribution in [3.63, 3.8) is 0 Å². The third kappa shape index (κ3) is 11.8. The number of carbonyl (C=O) groups excluding carboxylic acids is 4. The van der Waals surface area contributed by atoms with E-state index in [4.69, 9.17) is 23.7 Å². The standard InChI is InChI=1S/C77H60N2O9/c1-7-50-11-17-53(18-12-50)46-84-61-35-29-60(30-36-61)78-73(80)66-39-37-64(44-68(66)75(78)82)87-62-31-25-58(26-32-62)77(5,6)59-27-33-63(34-28-59)88-65-38-40-67-69(45-65)76(83)79(74(67)81)70-41-24-57(43-72(70)86-48-55-21-15-52(9-3)16-22-55)56-23-10-49(4)71(42-56)85-47-54-19-13-51(8-2)14-20-54/h7-45H,1-3,46-48H2,4-6H3. The second-order valence-corrected chi connectivity index (χ2v) is 22.0. The Bertz CT molecular complexity index is 4360. The van der Waals surface area contributed by atoms with E-state index in [9.17, 15) is 19.2 Å². The average molecular weight is 1160 g/mol. The van der Waals surface area contributed by atoms with E-state index < -0.39 is 29.0 Å². The topological polar surface area (TPSA) is 121 Å². The Morgan fingerprint density at radius 3 is 1.24 bits per heavy atom. The monoisotopic (exact) mass is 1160 g/mol. The second kappa shape index (κ2) is 24.4. The maximum Gasteiger partial charge on any atom is 0.266 e. The van der Waals surface area contributed by atoms with Gasteiger partial charge in [0.15, 0.2) is 0 Å². The van der Waals surface area contributed by atoms with Crippen molar-refractivity contribution in [2.45, 2.75) is 46.0 Å². The molecule has 0 aliphatic carbocycles. The molecule has 2 aliphatic heterocycles. The van der Waals surface area contributed by atoms with Crippen molar-refractivity contribution < 1.29 is 42.9 Å². The Labute approximate surface area is 511 Å². The van der Waals surface area contributed by atoms with Gasteiger partial charge in [0, 0.05) is 5.41 Å². The van der Waals surface area contributed by atoms with Crippen molar-refractivity contribution in [2.75, 3.05) is 9.80 Å². The highest BCUT2D eigenvalue weighted by molar-refractivity contribution is 6.35. The molecule has 0 spiro atoms. The number of fused-ring (bicyclic) bond motifs is 2. The molecule has 10 aromatic carbocycles. The minimum Gasteiger partial charge on any atom is -0.489 e. The summed E-state index contributed by atoms with van der Waals surface area (Å²) in [5, 5.41) is 0. The van der Waals surface area contributed by atoms with E-state index in [1.165, 1.54) is 9.80 Å². The molecular weight excluding hydrogens is 1100 g/mol. The number of nitrogens with zero attached hydrogens (tertiary/aromatic N) is 2. The Morgan fingerprint density at radius 1 is 0.375 bits per heavy atom. The van der Waals surface area contributed by atoms with Gasteiger partial charge in [0.25, 0.3) is 23.6 Å². The molecule has 4 amide bonds. The molecule has 88 heavy (non-hydrogen) atoms. The first-order chi connectivity index (χ1) is 42.7. The van der Waals surface area contributed by atoms with Gasteiger partial charge >= 0.3 is 0 Å². The summed E-state index contributed by atoms with van der Waals surface area (Å²) >= 11 is 0.